The molecule has 0 aliphatic rings. The molecule has 0 saturated carbocycles. The number of hydrogen-bond acceptors (Lipinski definition) is 3. The Balaban J connectivity index is 2.39. The fourth-order valence-corrected chi connectivity index (χ4v) is 2.90. The van der Waals surface area contributed by atoms with Gasteiger partial charge in [-0.05, 0) is 23.8 Å². The topological polar surface area (TPSA) is 40.5 Å². The first-order valence-corrected chi connectivity index (χ1v) is 7.94. The van der Waals surface area contributed by atoms with E-state index in [9.17, 15) is 18.0 Å². The van der Waals surface area contributed by atoms with Crippen LogP contribution in [-0.2, 0) is 7.05 Å². The summed E-state index contributed by atoms with van der Waals surface area (Å²) < 4.78 is 53.8. The van der Waals surface area contributed by atoms with Gasteiger partial charge in [-0.1, -0.05) is 0 Å². The number of benzene rings is 2. The van der Waals surface area contributed by atoms with Crippen LogP contribution >= 0.6 is 0 Å². The lowest BCUT2D eigenvalue weighted by Gasteiger charge is -2.17. The first kappa shape index (κ1) is 18.6. The number of aromatic nitrogens is 1. The van der Waals surface area contributed by atoms with Crippen molar-refractivity contribution < 1.29 is 22.6 Å². The minimum Gasteiger partial charge on any atom is -0.497 e. The average Bonchev–Trinajstić information content (AvgIpc) is 2.64. The molecule has 4 nitrogen and oxygen atoms in total. The van der Waals surface area contributed by atoms with E-state index >= 15 is 0 Å². The van der Waals surface area contributed by atoms with Gasteiger partial charge in [-0.3, -0.25) is 4.79 Å². The first-order valence-electron chi connectivity index (χ1n) is 7.94. The van der Waals surface area contributed by atoms with Gasteiger partial charge in [-0.25, -0.2) is 13.2 Å². The monoisotopic (exact) mass is 375 g/mol. The number of nitrogens with zero attached hydrogens (tertiary/aromatic N) is 1. The van der Waals surface area contributed by atoms with Gasteiger partial charge in [0.15, 0.2) is 0 Å². The highest BCUT2D eigenvalue weighted by Crippen LogP contribution is 2.37. The van der Waals surface area contributed by atoms with E-state index in [1.165, 1.54) is 33.4 Å². The van der Waals surface area contributed by atoms with E-state index in [1.54, 1.807) is 18.2 Å². The van der Waals surface area contributed by atoms with Gasteiger partial charge >= 0.3 is 0 Å². The van der Waals surface area contributed by atoms with Gasteiger partial charge in [0.2, 0.25) is 0 Å². The first-order chi connectivity index (χ1) is 12.8. The zero-order chi connectivity index (χ0) is 19.7. The number of halogens is 3. The van der Waals surface area contributed by atoms with Gasteiger partial charge in [0.1, 0.15) is 29.0 Å². The van der Waals surface area contributed by atoms with Crippen molar-refractivity contribution in [2.24, 2.45) is 7.05 Å². The number of methoxy groups -OCH3 is 2. The summed E-state index contributed by atoms with van der Waals surface area (Å²) in [6.45, 7) is 0. The van der Waals surface area contributed by atoms with E-state index in [1.807, 2.05) is 0 Å². The summed E-state index contributed by atoms with van der Waals surface area (Å²) in [5.74, 6) is -2.33. The van der Waals surface area contributed by atoms with E-state index in [4.69, 9.17) is 9.47 Å². The summed E-state index contributed by atoms with van der Waals surface area (Å²) in [5.41, 5.74) is -0.105. The van der Waals surface area contributed by atoms with Crippen LogP contribution in [0, 0.1) is 17.5 Å². The fourth-order valence-electron chi connectivity index (χ4n) is 2.90. The average molecular weight is 375 g/mol. The standard InChI is InChI=1S/C20H16F3NO3/c1-24-18(25)5-4-15(11-6-13(26-2)10-14(7-11)27-3)20(24)19-16(22)8-12(21)9-17(19)23/h4-10H,1-3H3. The Morgan fingerprint density at radius 2 is 1.41 bits per heavy atom. The van der Waals surface area contributed by atoms with Crippen LogP contribution in [0.3, 0.4) is 0 Å². The van der Waals surface area contributed by atoms with Gasteiger partial charge in [-0.2, -0.15) is 0 Å². The Bertz CT molecular complexity index is 1030. The molecular weight excluding hydrogens is 359 g/mol. The van der Waals surface area contributed by atoms with Crippen molar-refractivity contribution in [3.8, 4) is 33.9 Å². The van der Waals surface area contributed by atoms with Crippen molar-refractivity contribution in [1.29, 1.82) is 0 Å². The Kier molecular flexibility index (Phi) is 4.94. The van der Waals surface area contributed by atoms with Crippen LogP contribution in [-0.4, -0.2) is 18.8 Å². The van der Waals surface area contributed by atoms with Crippen LogP contribution in [0.2, 0.25) is 0 Å². The zero-order valence-corrected chi connectivity index (χ0v) is 14.8. The predicted molar refractivity (Wildman–Crippen MR) is 95.5 cm³/mol. The van der Waals surface area contributed by atoms with Crippen LogP contribution in [0.5, 0.6) is 11.5 Å². The third-order valence-corrected chi connectivity index (χ3v) is 4.22. The number of rotatable bonds is 4. The molecule has 0 aliphatic carbocycles. The highest BCUT2D eigenvalue weighted by molar-refractivity contribution is 5.82. The highest BCUT2D eigenvalue weighted by Gasteiger charge is 2.21. The molecule has 0 bridgehead atoms. The second-order valence-electron chi connectivity index (χ2n) is 5.84. The molecule has 7 heteroatoms. The fraction of sp³-hybridized carbons (Fsp3) is 0.150. The molecule has 0 amide bonds. The minimum absolute atomic E-state index is 0.0205. The maximum atomic E-state index is 14.5. The Morgan fingerprint density at radius 1 is 0.852 bits per heavy atom. The molecule has 0 fully saturated rings. The van der Waals surface area contributed by atoms with Crippen LogP contribution in [0.4, 0.5) is 13.2 Å². The zero-order valence-electron chi connectivity index (χ0n) is 14.8. The van der Waals surface area contributed by atoms with Crippen molar-refractivity contribution in [3.63, 3.8) is 0 Å². The van der Waals surface area contributed by atoms with Crippen LogP contribution in [0.1, 0.15) is 0 Å². The molecule has 0 N–H and O–H groups in total. The molecule has 0 atom stereocenters. The lowest BCUT2D eigenvalue weighted by molar-refractivity contribution is 0.394. The Morgan fingerprint density at radius 3 is 1.93 bits per heavy atom. The van der Waals surface area contributed by atoms with Crippen molar-refractivity contribution >= 4 is 0 Å². The molecule has 0 spiro atoms. The summed E-state index contributed by atoms with van der Waals surface area (Å²) in [6, 6.07) is 8.82. The Labute approximate surface area is 153 Å². The smallest absolute Gasteiger partial charge is 0.250 e. The van der Waals surface area contributed by atoms with Gasteiger partial charge in [0.05, 0.1) is 25.5 Å². The van der Waals surface area contributed by atoms with Crippen molar-refractivity contribution in [2.45, 2.75) is 0 Å². The van der Waals surface area contributed by atoms with E-state index in [-0.39, 0.29) is 5.69 Å². The van der Waals surface area contributed by atoms with Crippen LogP contribution in [0.25, 0.3) is 22.4 Å². The molecule has 0 aliphatic heterocycles. The maximum Gasteiger partial charge on any atom is 0.250 e. The number of ether oxygens (including phenoxy) is 2. The van der Waals surface area contributed by atoms with E-state index in [0.717, 1.165) is 4.57 Å². The molecule has 0 saturated heterocycles. The SMILES string of the molecule is COc1cc(OC)cc(-c2ccc(=O)n(C)c2-c2c(F)cc(F)cc2F)c1. The largest absolute Gasteiger partial charge is 0.497 e. The van der Waals surface area contributed by atoms with E-state index < -0.39 is 28.6 Å². The molecule has 3 aromatic rings. The maximum absolute atomic E-state index is 14.5. The summed E-state index contributed by atoms with van der Waals surface area (Å²) in [4.78, 5) is 12.1. The molecule has 2 aromatic carbocycles. The second kappa shape index (κ2) is 7.19. The van der Waals surface area contributed by atoms with E-state index in [2.05, 4.69) is 0 Å². The van der Waals surface area contributed by atoms with Crippen molar-refractivity contribution in [3.05, 3.63) is 70.3 Å². The van der Waals surface area contributed by atoms with Crippen LogP contribution in [0.15, 0.2) is 47.3 Å². The summed E-state index contributed by atoms with van der Waals surface area (Å²) in [6.07, 6.45) is 0. The molecule has 3 rings (SSSR count). The minimum atomic E-state index is -1.11. The molecular formula is C20H16F3NO3. The molecule has 0 radical (unpaired) electrons. The third kappa shape index (κ3) is 3.40. The highest BCUT2D eigenvalue weighted by atomic mass is 19.1. The number of hydrogen-bond donors (Lipinski definition) is 0. The third-order valence-electron chi connectivity index (χ3n) is 4.22. The normalized spacial score (nSPS) is 10.7. The molecule has 140 valence electrons. The quantitative estimate of drug-likeness (QED) is 0.688. The molecule has 27 heavy (non-hydrogen) atoms. The van der Waals surface area contributed by atoms with Gasteiger partial charge in [-0.15, -0.1) is 0 Å². The van der Waals surface area contributed by atoms with Gasteiger partial charge in [0, 0.05) is 36.9 Å². The summed E-state index contributed by atoms with van der Waals surface area (Å²) in [7, 11) is 4.33. The van der Waals surface area contributed by atoms with E-state index in [0.29, 0.717) is 34.8 Å². The van der Waals surface area contributed by atoms with Gasteiger partial charge < -0.3 is 14.0 Å². The Hall–Kier alpha value is -3.22. The summed E-state index contributed by atoms with van der Waals surface area (Å²) >= 11 is 0. The van der Waals surface area contributed by atoms with Gasteiger partial charge in [0.25, 0.3) is 5.56 Å². The van der Waals surface area contributed by atoms with Crippen molar-refractivity contribution in [2.75, 3.05) is 14.2 Å². The lowest BCUT2D eigenvalue weighted by atomic mass is 9.97. The molecule has 1 heterocycles. The molecule has 1 aromatic heterocycles. The number of pyridine rings is 1. The second-order valence-corrected chi connectivity index (χ2v) is 5.84. The van der Waals surface area contributed by atoms with Crippen molar-refractivity contribution in [1.82, 2.24) is 4.57 Å². The summed E-state index contributed by atoms with van der Waals surface area (Å²) in [5, 5.41) is 0. The molecule has 0 unspecified atom stereocenters. The lowest BCUT2D eigenvalue weighted by Crippen LogP contribution is -2.18. The predicted octanol–water partition coefficient (Wildman–Crippen LogP) is 4.15. The van der Waals surface area contributed by atoms with Crippen LogP contribution < -0.4 is 15.0 Å².